The first-order chi connectivity index (χ1) is 14.2. The second-order valence-corrected chi connectivity index (χ2v) is 7.36. The first-order valence-corrected chi connectivity index (χ1v) is 10.1. The number of hydrogen-bond acceptors (Lipinski definition) is 6. The third kappa shape index (κ3) is 4.71. The molecule has 0 aliphatic carbocycles. The van der Waals surface area contributed by atoms with E-state index in [-0.39, 0.29) is 17.8 Å². The maximum atomic E-state index is 14.4. The summed E-state index contributed by atoms with van der Waals surface area (Å²) in [6.45, 7) is 4.94. The second-order valence-electron chi connectivity index (χ2n) is 7.36. The lowest BCUT2D eigenvalue weighted by Crippen LogP contribution is -2.38. The number of hydrogen-bond donors (Lipinski definition) is 1. The molecule has 1 aromatic heterocycles. The number of nitrogens with zero attached hydrogens (tertiary/aromatic N) is 4. The Labute approximate surface area is 169 Å². The molecule has 0 bridgehead atoms. The number of morpholine rings is 1. The third-order valence-corrected chi connectivity index (χ3v) is 5.50. The van der Waals surface area contributed by atoms with Crippen molar-refractivity contribution in [3.8, 4) is 0 Å². The number of amides is 1. The molecule has 2 fully saturated rings. The monoisotopic (exact) mass is 399 g/mol. The summed E-state index contributed by atoms with van der Waals surface area (Å²) < 4.78 is 19.7. The Morgan fingerprint density at radius 2 is 1.79 bits per heavy atom. The van der Waals surface area contributed by atoms with Crippen LogP contribution < -0.4 is 10.2 Å². The highest BCUT2D eigenvalue weighted by Gasteiger charge is 2.26. The molecule has 29 heavy (non-hydrogen) atoms. The molecule has 8 heteroatoms. The summed E-state index contributed by atoms with van der Waals surface area (Å²) in [6, 6.07) is 6.60. The molecule has 4 rings (SSSR count). The van der Waals surface area contributed by atoms with Crippen molar-refractivity contribution in [2.24, 2.45) is 0 Å². The third-order valence-electron chi connectivity index (χ3n) is 5.50. The van der Waals surface area contributed by atoms with Gasteiger partial charge in [0.15, 0.2) is 0 Å². The Balaban J connectivity index is 1.41. The predicted octanol–water partition coefficient (Wildman–Crippen LogP) is 2.02. The second kappa shape index (κ2) is 9.28. The fourth-order valence-corrected chi connectivity index (χ4v) is 3.89. The number of halogens is 1. The van der Waals surface area contributed by atoms with Crippen LogP contribution in [0.4, 0.5) is 10.3 Å². The van der Waals surface area contributed by atoms with Gasteiger partial charge >= 0.3 is 0 Å². The molecule has 0 unspecified atom stereocenters. The maximum Gasteiger partial charge on any atom is 0.254 e. The Bertz CT molecular complexity index is 820. The van der Waals surface area contributed by atoms with Gasteiger partial charge in [-0.25, -0.2) is 14.4 Å². The van der Waals surface area contributed by atoms with Gasteiger partial charge in [0.05, 0.1) is 24.8 Å². The average Bonchev–Trinajstić information content (AvgIpc) is 3.30. The van der Waals surface area contributed by atoms with Crippen LogP contribution >= 0.6 is 0 Å². The summed E-state index contributed by atoms with van der Waals surface area (Å²) >= 11 is 0. The zero-order chi connectivity index (χ0) is 20.1. The van der Waals surface area contributed by atoms with Gasteiger partial charge in [0.25, 0.3) is 5.91 Å². The first kappa shape index (κ1) is 19.7. The maximum absolute atomic E-state index is 14.4. The van der Waals surface area contributed by atoms with Gasteiger partial charge in [-0.2, -0.15) is 0 Å². The van der Waals surface area contributed by atoms with Crippen molar-refractivity contribution >= 4 is 11.9 Å². The summed E-state index contributed by atoms with van der Waals surface area (Å²) in [5.41, 5.74) is 1.02. The number of nitrogens with one attached hydrogen (secondary N) is 1. The van der Waals surface area contributed by atoms with Gasteiger partial charge in [-0.1, -0.05) is 18.2 Å². The van der Waals surface area contributed by atoms with E-state index in [0.29, 0.717) is 36.8 Å². The quantitative estimate of drug-likeness (QED) is 0.802. The molecule has 2 aromatic rings. The van der Waals surface area contributed by atoms with E-state index in [0.717, 1.165) is 39.0 Å². The normalized spacial score (nSPS) is 18.6. The van der Waals surface area contributed by atoms with E-state index < -0.39 is 0 Å². The van der Waals surface area contributed by atoms with Crippen molar-refractivity contribution in [3.05, 3.63) is 53.6 Å². The minimum atomic E-state index is -0.251. The Morgan fingerprint density at radius 3 is 2.48 bits per heavy atom. The minimum absolute atomic E-state index is 0.184. The van der Waals surface area contributed by atoms with Crippen molar-refractivity contribution in [2.45, 2.75) is 18.9 Å². The minimum Gasteiger partial charge on any atom is -0.378 e. The number of likely N-dealkylation sites (tertiary alicyclic amines) is 1. The van der Waals surface area contributed by atoms with Gasteiger partial charge in [-0.15, -0.1) is 0 Å². The standard InChI is InChI=1S/C21H26FN5O2/c22-18-6-2-1-5-17(18)19(26-7-3-4-8-26)15-23-20(28)16-13-24-21(25-14-16)27-9-11-29-12-10-27/h1-2,5-6,13-14,19H,3-4,7-12,15H2,(H,23,28)/t19-/m0/s1. The summed E-state index contributed by atoms with van der Waals surface area (Å²) in [5, 5.41) is 2.94. The van der Waals surface area contributed by atoms with E-state index in [2.05, 4.69) is 20.2 Å². The van der Waals surface area contributed by atoms with Crippen molar-refractivity contribution < 1.29 is 13.9 Å². The molecule has 1 aromatic carbocycles. The van der Waals surface area contributed by atoms with E-state index in [4.69, 9.17) is 4.74 Å². The molecule has 1 atom stereocenters. The van der Waals surface area contributed by atoms with Gasteiger partial charge in [-0.3, -0.25) is 9.69 Å². The van der Waals surface area contributed by atoms with Crippen LogP contribution in [0.3, 0.4) is 0 Å². The highest BCUT2D eigenvalue weighted by molar-refractivity contribution is 5.93. The van der Waals surface area contributed by atoms with Gasteiger partial charge in [0, 0.05) is 37.6 Å². The molecule has 0 radical (unpaired) electrons. The summed E-state index contributed by atoms with van der Waals surface area (Å²) in [4.78, 5) is 25.6. The number of ether oxygens (including phenoxy) is 1. The lowest BCUT2D eigenvalue weighted by molar-refractivity contribution is 0.0936. The van der Waals surface area contributed by atoms with Gasteiger partial charge in [0.2, 0.25) is 5.95 Å². The lowest BCUT2D eigenvalue weighted by Gasteiger charge is -2.28. The molecule has 1 N–H and O–H groups in total. The van der Waals surface area contributed by atoms with Crippen LogP contribution in [-0.4, -0.2) is 66.7 Å². The molecular formula is C21H26FN5O2. The molecule has 0 spiro atoms. The number of carbonyl (C=O) groups excluding carboxylic acids is 1. The Kier molecular flexibility index (Phi) is 6.31. The summed E-state index contributed by atoms with van der Waals surface area (Å²) in [6.07, 6.45) is 5.27. The van der Waals surface area contributed by atoms with Crippen molar-refractivity contribution in [1.29, 1.82) is 0 Å². The molecular weight excluding hydrogens is 373 g/mol. The Hall–Kier alpha value is -2.58. The highest BCUT2D eigenvalue weighted by atomic mass is 19.1. The van der Waals surface area contributed by atoms with Crippen LogP contribution in [0.15, 0.2) is 36.7 Å². The number of anilines is 1. The number of benzene rings is 1. The molecule has 7 nitrogen and oxygen atoms in total. The van der Waals surface area contributed by atoms with Crippen LogP contribution in [0.25, 0.3) is 0 Å². The van der Waals surface area contributed by atoms with Crippen LogP contribution in [-0.2, 0) is 4.74 Å². The van der Waals surface area contributed by atoms with E-state index >= 15 is 0 Å². The zero-order valence-corrected chi connectivity index (χ0v) is 16.4. The first-order valence-electron chi connectivity index (χ1n) is 10.1. The lowest BCUT2D eigenvalue weighted by atomic mass is 10.0. The number of rotatable bonds is 6. The molecule has 3 heterocycles. The molecule has 154 valence electrons. The number of carbonyl (C=O) groups is 1. The smallest absolute Gasteiger partial charge is 0.254 e. The molecule has 1 amide bonds. The van der Waals surface area contributed by atoms with Gasteiger partial charge in [-0.05, 0) is 32.0 Å². The van der Waals surface area contributed by atoms with Crippen LogP contribution in [0.2, 0.25) is 0 Å². The van der Waals surface area contributed by atoms with E-state index in [1.54, 1.807) is 24.5 Å². The molecule has 2 saturated heterocycles. The zero-order valence-electron chi connectivity index (χ0n) is 16.4. The van der Waals surface area contributed by atoms with Gasteiger partial charge < -0.3 is 15.0 Å². The van der Waals surface area contributed by atoms with Crippen molar-refractivity contribution in [3.63, 3.8) is 0 Å². The number of aromatic nitrogens is 2. The van der Waals surface area contributed by atoms with Crippen LogP contribution in [0.5, 0.6) is 0 Å². The average molecular weight is 399 g/mol. The fraction of sp³-hybridized carbons (Fsp3) is 0.476. The summed E-state index contributed by atoms with van der Waals surface area (Å²) in [5.74, 6) is 0.113. The molecule has 0 saturated carbocycles. The van der Waals surface area contributed by atoms with Crippen molar-refractivity contribution in [1.82, 2.24) is 20.2 Å². The Morgan fingerprint density at radius 1 is 1.10 bits per heavy atom. The predicted molar refractivity (Wildman–Crippen MR) is 107 cm³/mol. The molecule has 2 aliphatic rings. The van der Waals surface area contributed by atoms with E-state index in [9.17, 15) is 9.18 Å². The highest BCUT2D eigenvalue weighted by Crippen LogP contribution is 2.26. The topological polar surface area (TPSA) is 70.6 Å². The van der Waals surface area contributed by atoms with Crippen molar-refractivity contribution in [2.75, 3.05) is 50.8 Å². The van der Waals surface area contributed by atoms with E-state index in [1.807, 2.05) is 11.0 Å². The van der Waals surface area contributed by atoms with Crippen LogP contribution in [0.1, 0.15) is 34.8 Å². The van der Waals surface area contributed by atoms with Gasteiger partial charge in [0.1, 0.15) is 5.82 Å². The van der Waals surface area contributed by atoms with E-state index in [1.165, 1.54) is 6.07 Å². The summed E-state index contributed by atoms with van der Waals surface area (Å²) in [7, 11) is 0. The largest absolute Gasteiger partial charge is 0.378 e. The molecule has 2 aliphatic heterocycles. The fourth-order valence-electron chi connectivity index (χ4n) is 3.89. The van der Waals surface area contributed by atoms with Crippen LogP contribution in [0, 0.1) is 5.82 Å². The SMILES string of the molecule is O=C(NC[C@@H](c1ccccc1F)N1CCCC1)c1cnc(N2CCOCC2)nc1.